The third-order valence-corrected chi connectivity index (χ3v) is 4.46. The largest absolute Gasteiger partial charge is 0.435 e. The first-order chi connectivity index (χ1) is 17.6. The average molecular weight is 451 g/mol. The molecule has 32 heavy (non-hydrogen) atoms. The number of nitrogens with zero attached hydrogens (tertiary/aromatic N) is 5. The van der Waals surface area contributed by atoms with Crippen molar-refractivity contribution in [2.45, 2.75) is 25.3 Å². The number of rotatable bonds is 4. The predicted octanol–water partition coefficient (Wildman–Crippen LogP) is 5.35. The molecule has 0 unspecified atom stereocenters. The maximum absolute atomic E-state index is 14.4. The van der Waals surface area contributed by atoms with Gasteiger partial charge in [-0.1, -0.05) is 12.1 Å². The fraction of sp³-hybridized carbons (Fsp3) is 0.182. The highest BCUT2D eigenvalue weighted by Gasteiger charge is 2.34. The van der Waals surface area contributed by atoms with Gasteiger partial charge >= 0.3 is 6.18 Å². The summed E-state index contributed by atoms with van der Waals surface area (Å²) in [5.41, 5.74) is -5.84. The maximum atomic E-state index is 14.4. The van der Waals surface area contributed by atoms with Crippen LogP contribution < -0.4 is 0 Å². The van der Waals surface area contributed by atoms with Crippen LogP contribution in [-0.2, 0) is 11.6 Å². The van der Waals surface area contributed by atoms with Crippen LogP contribution >= 0.6 is 0 Å². The standard InChI is InChI=1S/C22H16F5N5/c1-21(2,15-6-3-5-14(28-15)13-9-10-18(23)30-20(13)24)16-7-4-8-19(29-16)32-12-11-17(31-32)22(25,26)27/h3-12H,1-2H3/i1D3,2D3. The third kappa shape index (κ3) is 4.08. The molecule has 0 N–H and O–H groups in total. The molecular formula is C22H16F5N5. The van der Waals surface area contributed by atoms with E-state index >= 15 is 0 Å². The van der Waals surface area contributed by atoms with E-state index in [1.165, 1.54) is 24.3 Å². The van der Waals surface area contributed by atoms with Gasteiger partial charge in [-0.15, -0.1) is 0 Å². The summed E-state index contributed by atoms with van der Waals surface area (Å²) >= 11 is 0. The Morgan fingerprint density at radius 2 is 1.53 bits per heavy atom. The zero-order chi connectivity index (χ0) is 28.1. The van der Waals surface area contributed by atoms with Crippen LogP contribution in [-0.4, -0.2) is 24.7 Å². The molecule has 0 spiro atoms. The maximum Gasteiger partial charge on any atom is 0.435 e. The van der Waals surface area contributed by atoms with E-state index in [4.69, 9.17) is 8.22 Å². The monoisotopic (exact) mass is 451 g/mol. The molecule has 5 nitrogen and oxygen atoms in total. The van der Waals surface area contributed by atoms with Crippen LogP contribution in [0.4, 0.5) is 22.0 Å². The van der Waals surface area contributed by atoms with Gasteiger partial charge in [0.2, 0.25) is 11.9 Å². The van der Waals surface area contributed by atoms with Crippen LogP contribution in [0.1, 0.15) is 39.0 Å². The molecular weight excluding hydrogens is 429 g/mol. The summed E-state index contributed by atoms with van der Waals surface area (Å²) in [4.78, 5) is 11.3. The van der Waals surface area contributed by atoms with Gasteiger partial charge in [-0.3, -0.25) is 4.98 Å². The molecule has 0 amide bonds. The number of halogens is 5. The van der Waals surface area contributed by atoms with Crippen LogP contribution in [0.25, 0.3) is 17.1 Å². The normalized spacial score (nSPS) is 15.8. The lowest BCUT2D eigenvalue weighted by Gasteiger charge is -2.24. The highest BCUT2D eigenvalue weighted by atomic mass is 19.4. The zero-order valence-electron chi connectivity index (χ0n) is 21.9. The van der Waals surface area contributed by atoms with Gasteiger partial charge in [-0.25, -0.2) is 9.67 Å². The number of hydrogen-bond acceptors (Lipinski definition) is 4. The number of aromatic nitrogens is 5. The molecule has 0 bridgehead atoms. The van der Waals surface area contributed by atoms with E-state index < -0.39 is 54.3 Å². The van der Waals surface area contributed by atoms with E-state index in [0.717, 1.165) is 35.1 Å². The number of hydrogen-bond donors (Lipinski definition) is 0. The molecule has 4 aromatic heterocycles. The van der Waals surface area contributed by atoms with E-state index in [1.807, 2.05) is 0 Å². The van der Waals surface area contributed by atoms with E-state index in [2.05, 4.69) is 20.1 Å². The molecule has 164 valence electrons. The average Bonchev–Trinajstić information content (AvgIpc) is 3.29. The SMILES string of the molecule is [2H]C([2H])([2H])C(c1cccc(-c2ccc(F)nc2F)n1)(c1cccc(-n2ccc(C(F)(F)F)n2)n1)C([2H])([2H])[2H]. The van der Waals surface area contributed by atoms with Gasteiger partial charge in [-0.05, 0) is 56.2 Å². The quantitative estimate of drug-likeness (QED) is 0.310. The molecule has 0 aromatic carbocycles. The van der Waals surface area contributed by atoms with Gasteiger partial charge in [0.1, 0.15) is 0 Å². The van der Waals surface area contributed by atoms with Crippen molar-refractivity contribution in [3.8, 4) is 17.1 Å². The van der Waals surface area contributed by atoms with Crippen molar-refractivity contribution in [2.24, 2.45) is 0 Å². The van der Waals surface area contributed by atoms with Crippen molar-refractivity contribution in [3.63, 3.8) is 0 Å². The van der Waals surface area contributed by atoms with Crippen molar-refractivity contribution < 1.29 is 30.2 Å². The Kier molecular flexibility index (Phi) is 3.69. The Morgan fingerprint density at radius 3 is 2.19 bits per heavy atom. The van der Waals surface area contributed by atoms with Crippen LogP contribution in [0.5, 0.6) is 0 Å². The summed E-state index contributed by atoms with van der Waals surface area (Å²) in [5, 5.41) is 3.40. The molecule has 0 aliphatic carbocycles. The first kappa shape index (κ1) is 15.2. The summed E-state index contributed by atoms with van der Waals surface area (Å²) in [6.45, 7) is -6.70. The van der Waals surface area contributed by atoms with Crippen LogP contribution in [0.2, 0.25) is 0 Å². The van der Waals surface area contributed by atoms with Gasteiger partial charge in [0, 0.05) is 19.8 Å². The van der Waals surface area contributed by atoms with Gasteiger partial charge in [0.05, 0.1) is 22.6 Å². The Labute approximate surface area is 188 Å². The molecule has 4 rings (SSSR count). The highest BCUT2D eigenvalue weighted by molar-refractivity contribution is 5.59. The summed E-state index contributed by atoms with van der Waals surface area (Å²) in [5.74, 6) is -2.67. The molecule has 4 aromatic rings. The summed E-state index contributed by atoms with van der Waals surface area (Å²) < 4.78 is 117. The minimum atomic E-state index is -4.77. The second kappa shape index (κ2) is 7.77. The van der Waals surface area contributed by atoms with E-state index in [1.54, 1.807) is 0 Å². The van der Waals surface area contributed by atoms with Gasteiger partial charge < -0.3 is 0 Å². The van der Waals surface area contributed by atoms with Crippen molar-refractivity contribution in [1.82, 2.24) is 24.7 Å². The molecule has 0 aliphatic heterocycles. The second-order valence-corrected chi connectivity index (χ2v) is 6.65. The Morgan fingerprint density at radius 1 is 0.812 bits per heavy atom. The van der Waals surface area contributed by atoms with Crippen LogP contribution in [0.3, 0.4) is 0 Å². The zero-order valence-corrected chi connectivity index (χ0v) is 15.9. The van der Waals surface area contributed by atoms with Gasteiger partial charge in [0.15, 0.2) is 11.5 Å². The summed E-state index contributed by atoms with van der Waals surface area (Å²) in [7, 11) is 0. The van der Waals surface area contributed by atoms with Crippen molar-refractivity contribution in [2.75, 3.05) is 0 Å². The topological polar surface area (TPSA) is 56.5 Å². The molecule has 0 saturated carbocycles. The molecule has 0 saturated heterocycles. The van der Waals surface area contributed by atoms with Gasteiger partial charge in [0.25, 0.3) is 0 Å². The molecule has 10 heteroatoms. The van der Waals surface area contributed by atoms with E-state index in [0.29, 0.717) is 6.07 Å². The molecule has 4 heterocycles. The number of pyridine rings is 3. The molecule has 0 atom stereocenters. The highest BCUT2D eigenvalue weighted by Crippen LogP contribution is 2.32. The molecule has 0 aliphatic rings. The smallest absolute Gasteiger partial charge is 0.252 e. The third-order valence-electron chi connectivity index (χ3n) is 4.46. The summed E-state index contributed by atoms with van der Waals surface area (Å²) in [6, 6.07) is 9.62. The fourth-order valence-electron chi connectivity index (χ4n) is 2.89. The first-order valence-electron chi connectivity index (χ1n) is 12.0. The minimum Gasteiger partial charge on any atom is -0.252 e. The Hall–Kier alpha value is -3.69. The van der Waals surface area contributed by atoms with E-state index in [9.17, 15) is 22.0 Å². The fourth-order valence-corrected chi connectivity index (χ4v) is 2.89. The number of alkyl halides is 3. The molecule has 0 fully saturated rings. The van der Waals surface area contributed by atoms with E-state index in [-0.39, 0.29) is 17.1 Å². The lowest BCUT2D eigenvalue weighted by atomic mass is 9.84. The van der Waals surface area contributed by atoms with Crippen LogP contribution in [0, 0.1) is 11.9 Å². The van der Waals surface area contributed by atoms with Crippen LogP contribution in [0.15, 0.2) is 60.8 Å². The predicted molar refractivity (Wildman–Crippen MR) is 106 cm³/mol. The Balaban J connectivity index is 1.97. The Bertz CT molecular complexity index is 1470. The first-order valence-corrected chi connectivity index (χ1v) is 8.96. The molecule has 0 radical (unpaired) electrons. The summed E-state index contributed by atoms with van der Waals surface area (Å²) in [6.07, 6.45) is -3.83. The van der Waals surface area contributed by atoms with Gasteiger partial charge in [-0.2, -0.15) is 32.0 Å². The van der Waals surface area contributed by atoms with Crippen molar-refractivity contribution in [3.05, 3.63) is 89.8 Å². The lowest BCUT2D eigenvalue weighted by Crippen LogP contribution is -2.23. The van der Waals surface area contributed by atoms with Crippen molar-refractivity contribution >= 4 is 0 Å². The van der Waals surface area contributed by atoms with Crippen molar-refractivity contribution in [1.29, 1.82) is 0 Å². The minimum absolute atomic E-state index is 0.233. The lowest BCUT2D eigenvalue weighted by molar-refractivity contribution is -0.141. The second-order valence-electron chi connectivity index (χ2n) is 6.65.